The Labute approximate surface area is 123 Å². The molecule has 2 rings (SSSR count). The minimum Gasteiger partial charge on any atom is -0.373 e. The molecule has 1 saturated heterocycles. The molecule has 0 aromatic carbocycles. The van der Waals surface area contributed by atoms with Gasteiger partial charge >= 0.3 is 0 Å². The summed E-state index contributed by atoms with van der Waals surface area (Å²) in [6.45, 7) is 3.97. The summed E-state index contributed by atoms with van der Waals surface area (Å²) in [5.74, 6) is 0.154. The number of rotatable bonds is 3. The summed E-state index contributed by atoms with van der Waals surface area (Å²) in [7, 11) is 1.66. The van der Waals surface area contributed by atoms with Gasteiger partial charge in [-0.3, -0.25) is 14.9 Å². The zero-order valence-electron chi connectivity index (χ0n) is 12.5. The van der Waals surface area contributed by atoms with Crippen LogP contribution >= 0.6 is 0 Å². The molecule has 1 aliphatic heterocycles. The number of nitrogens with zero attached hydrogens (tertiary/aromatic N) is 3. The average Bonchev–Trinajstić information content (AvgIpc) is 2.46. The standard InChI is InChI=1S/C14H20N4O3/c1-9-5-4-6-10(2)17(9)14(19)11-7-13(15-3)16-8-12(11)18(20)21/h7-10H,4-6H2,1-3H3,(H,15,16). The van der Waals surface area contributed by atoms with Crippen LogP contribution in [0.1, 0.15) is 43.5 Å². The van der Waals surface area contributed by atoms with Gasteiger partial charge in [-0.05, 0) is 33.1 Å². The van der Waals surface area contributed by atoms with Crippen molar-refractivity contribution < 1.29 is 9.72 Å². The molecule has 7 nitrogen and oxygen atoms in total. The van der Waals surface area contributed by atoms with Gasteiger partial charge < -0.3 is 10.2 Å². The second kappa shape index (κ2) is 6.07. The number of anilines is 1. The van der Waals surface area contributed by atoms with Gasteiger partial charge in [0.05, 0.1) is 4.92 Å². The van der Waals surface area contributed by atoms with Crippen LogP contribution in [0, 0.1) is 10.1 Å². The molecule has 0 bridgehead atoms. The predicted molar refractivity (Wildman–Crippen MR) is 79.4 cm³/mol. The van der Waals surface area contributed by atoms with E-state index >= 15 is 0 Å². The highest BCUT2D eigenvalue weighted by Crippen LogP contribution is 2.28. The number of hydrogen-bond donors (Lipinski definition) is 1. The van der Waals surface area contributed by atoms with Gasteiger partial charge in [-0.2, -0.15) is 0 Å². The Balaban J connectivity index is 2.43. The van der Waals surface area contributed by atoms with Crippen LogP contribution in [-0.4, -0.2) is 39.8 Å². The third-order valence-electron chi connectivity index (χ3n) is 3.99. The summed E-state index contributed by atoms with van der Waals surface area (Å²) in [6, 6.07) is 1.63. The fraction of sp³-hybridized carbons (Fsp3) is 0.571. The van der Waals surface area contributed by atoms with Crippen molar-refractivity contribution in [2.45, 2.75) is 45.2 Å². The highest BCUT2D eigenvalue weighted by molar-refractivity contribution is 5.99. The van der Waals surface area contributed by atoms with Crippen molar-refractivity contribution in [3.63, 3.8) is 0 Å². The van der Waals surface area contributed by atoms with Crippen molar-refractivity contribution in [2.75, 3.05) is 12.4 Å². The van der Waals surface area contributed by atoms with E-state index in [-0.39, 0.29) is 29.2 Å². The number of carbonyl (C=O) groups is 1. The number of likely N-dealkylation sites (tertiary alicyclic amines) is 1. The van der Waals surface area contributed by atoms with Crippen LogP contribution in [0.25, 0.3) is 0 Å². The summed E-state index contributed by atoms with van der Waals surface area (Å²) in [6.07, 6.45) is 4.06. The van der Waals surface area contributed by atoms with E-state index in [0.717, 1.165) is 25.5 Å². The zero-order valence-corrected chi connectivity index (χ0v) is 12.5. The zero-order chi connectivity index (χ0) is 15.6. The molecule has 1 aromatic heterocycles. The van der Waals surface area contributed by atoms with Gasteiger partial charge in [-0.1, -0.05) is 0 Å². The quantitative estimate of drug-likeness (QED) is 0.682. The van der Waals surface area contributed by atoms with Crippen LogP contribution in [0.5, 0.6) is 0 Å². The van der Waals surface area contributed by atoms with Crippen molar-refractivity contribution in [3.8, 4) is 0 Å². The Bertz CT molecular complexity index is 551. The predicted octanol–water partition coefficient (Wildman–Crippen LogP) is 2.43. The number of amides is 1. The molecule has 1 fully saturated rings. The fourth-order valence-electron chi connectivity index (χ4n) is 2.86. The van der Waals surface area contributed by atoms with E-state index in [1.807, 2.05) is 13.8 Å². The van der Waals surface area contributed by atoms with E-state index in [2.05, 4.69) is 10.3 Å². The average molecular weight is 292 g/mol. The largest absolute Gasteiger partial charge is 0.373 e. The first kappa shape index (κ1) is 15.2. The van der Waals surface area contributed by atoms with Gasteiger partial charge in [0.2, 0.25) is 0 Å². The second-order valence-electron chi connectivity index (χ2n) is 5.44. The van der Waals surface area contributed by atoms with Crippen LogP contribution in [0.3, 0.4) is 0 Å². The number of piperidine rings is 1. The lowest BCUT2D eigenvalue weighted by molar-refractivity contribution is -0.385. The molecule has 21 heavy (non-hydrogen) atoms. The van der Waals surface area contributed by atoms with Crippen LogP contribution in [0.4, 0.5) is 11.5 Å². The van der Waals surface area contributed by atoms with Crippen molar-refractivity contribution in [3.05, 3.63) is 27.9 Å². The maximum absolute atomic E-state index is 12.8. The van der Waals surface area contributed by atoms with Gasteiger partial charge in [0.25, 0.3) is 11.6 Å². The first-order valence-corrected chi connectivity index (χ1v) is 7.10. The van der Waals surface area contributed by atoms with E-state index in [4.69, 9.17) is 0 Å². The molecule has 7 heteroatoms. The van der Waals surface area contributed by atoms with Gasteiger partial charge in [-0.15, -0.1) is 0 Å². The molecular formula is C14H20N4O3. The minimum absolute atomic E-state index is 0.0899. The number of aromatic nitrogens is 1. The monoisotopic (exact) mass is 292 g/mol. The lowest BCUT2D eigenvalue weighted by Crippen LogP contribution is -2.47. The molecule has 0 radical (unpaired) electrons. The van der Waals surface area contributed by atoms with Crippen LogP contribution in [-0.2, 0) is 0 Å². The molecule has 1 amide bonds. The topological polar surface area (TPSA) is 88.4 Å². The number of carbonyl (C=O) groups excluding carboxylic acids is 1. The molecule has 2 heterocycles. The molecule has 1 aromatic rings. The first-order valence-electron chi connectivity index (χ1n) is 7.10. The molecule has 1 aliphatic rings. The fourth-order valence-corrected chi connectivity index (χ4v) is 2.86. The molecule has 1 N–H and O–H groups in total. The highest BCUT2D eigenvalue weighted by atomic mass is 16.6. The van der Waals surface area contributed by atoms with Gasteiger partial charge in [0, 0.05) is 25.2 Å². The molecule has 0 spiro atoms. The summed E-state index contributed by atoms with van der Waals surface area (Å²) in [5.41, 5.74) is -0.149. The Morgan fingerprint density at radius 1 is 1.43 bits per heavy atom. The van der Waals surface area contributed by atoms with Gasteiger partial charge in [0.15, 0.2) is 0 Å². The Hall–Kier alpha value is -2.18. The SMILES string of the molecule is CNc1cc(C(=O)N2C(C)CCCC2C)c([N+](=O)[O-])cn1. The van der Waals surface area contributed by atoms with Crippen LogP contribution in [0.15, 0.2) is 12.3 Å². The molecule has 0 saturated carbocycles. The summed E-state index contributed by atoms with van der Waals surface area (Å²) in [4.78, 5) is 29.0. The maximum Gasteiger partial charge on any atom is 0.300 e. The van der Waals surface area contributed by atoms with Crippen molar-refractivity contribution in [1.29, 1.82) is 0 Å². The highest BCUT2D eigenvalue weighted by Gasteiger charge is 2.33. The van der Waals surface area contributed by atoms with Crippen LogP contribution < -0.4 is 5.32 Å². The smallest absolute Gasteiger partial charge is 0.300 e. The lowest BCUT2D eigenvalue weighted by atomic mass is 9.96. The molecule has 2 unspecified atom stereocenters. The number of hydrogen-bond acceptors (Lipinski definition) is 5. The van der Waals surface area contributed by atoms with E-state index < -0.39 is 4.92 Å². The van der Waals surface area contributed by atoms with E-state index in [1.54, 1.807) is 11.9 Å². The normalized spacial score (nSPS) is 22.0. The molecule has 0 aliphatic carbocycles. The Morgan fingerprint density at radius 3 is 2.57 bits per heavy atom. The first-order chi connectivity index (χ1) is 9.95. The molecule has 114 valence electrons. The van der Waals surface area contributed by atoms with Crippen LogP contribution in [0.2, 0.25) is 0 Å². The van der Waals surface area contributed by atoms with E-state index in [1.165, 1.54) is 6.07 Å². The van der Waals surface area contributed by atoms with Gasteiger partial charge in [0.1, 0.15) is 17.6 Å². The third-order valence-corrected chi connectivity index (χ3v) is 3.99. The third kappa shape index (κ3) is 2.96. The number of pyridine rings is 1. The maximum atomic E-state index is 12.8. The van der Waals surface area contributed by atoms with Gasteiger partial charge in [-0.25, -0.2) is 4.98 Å². The lowest BCUT2D eigenvalue weighted by Gasteiger charge is -2.39. The summed E-state index contributed by atoms with van der Waals surface area (Å²) in [5, 5.41) is 14.0. The Kier molecular flexibility index (Phi) is 4.40. The van der Waals surface area contributed by atoms with E-state index in [0.29, 0.717) is 5.82 Å². The number of nitrogens with one attached hydrogen (secondary N) is 1. The van der Waals surface area contributed by atoms with E-state index in [9.17, 15) is 14.9 Å². The van der Waals surface area contributed by atoms with Crippen molar-refractivity contribution >= 4 is 17.4 Å². The summed E-state index contributed by atoms with van der Waals surface area (Å²) < 4.78 is 0. The Morgan fingerprint density at radius 2 is 2.05 bits per heavy atom. The number of nitro groups is 1. The molecular weight excluding hydrogens is 272 g/mol. The molecule has 2 atom stereocenters. The second-order valence-corrected chi connectivity index (χ2v) is 5.44. The van der Waals surface area contributed by atoms with Crippen molar-refractivity contribution in [2.24, 2.45) is 0 Å². The summed E-state index contributed by atoms with van der Waals surface area (Å²) >= 11 is 0. The minimum atomic E-state index is -0.557. The van der Waals surface area contributed by atoms with Crippen molar-refractivity contribution in [1.82, 2.24) is 9.88 Å².